The second kappa shape index (κ2) is 10.6. The lowest BCUT2D eigenvalue weighted by atomic mass is 10.0. The summed E-state index contributed by atoms with van der Waals surface area (Å²) in [5.41, 5.74) is 2.31. The second-order valence-electron chi connectivity index (χ2n) is 8.07. The molecule has 32 heavy (non-hydrogen) atoms. The van der Waals surface area contributed by atoms with Gasteiger partial charge in [-0.1, -0.05) is 37.8 Å². The van der Waals surface area contributed by atoms with E-state index in [1.54, 1.807) is 24.4 Å². The van der Waals surface area contributed by atoms with E-state index in [2.05, 4.69) is 20.9 Å². The Hall–Kier alpha value is -3.61. The van der Waals surface area contributed by atoms with Crippen LogP contribution in [0.5, 0.6) is 0 Å². The van der Waals surface area contributed by atoms with Crippen molar-refractivity contribution in [2.24, 2.45) is 5.92 Å². The smallest absolute Gasteiger partial charge is 0.292 e. The van der Waals surface area contributed by atoms with E-state index < -0.39 is 0 Å². The van der Waals surface area contributed by atoms with Crippen LogP contribution in [0.1, 0.15) is 58.6 Å². The number of hydrogen-bond donors (Lipinski definition) is 3. The van der Waals surface area contributed by atoms with Crippen LogP contribution in [0.25, 0.3) is 0 Å². The maximum absolute atomic E-state index is 12.7. The molecule has 0 radical (unpaired) electrons. The highest BCUT2D eigenvalue weighted by Gasteiger charge is 2.16. The maximum Gasteiger partial charge on any atom is 0.292 e. The lowest BCUT2D eigenvalue weighted by Gasteiger charge is -2.14. The molecule has 0 aliphatic heterocycles. The molecule has 166 valence electrons. The summed E-state index contributed by atoms with van der Waals surface area (Å²) in [7, 11) is 0. The molecule has 2 aromatic heterocycles. The number of para-hydroxylation sites is 1. The van der Waals surface area contributed by atoms with Crippen LogP contribution in [-0.4, -0.2) is 23.3 Å². The summed E-state index contributed by atoms with van der Waals surface area (Å²) in [6.07, 6.45) is 9.32. The fraction of sp³-hybridized carbons (Fsp3) is 0.320. The Kier molecular flexibility index (Phi) is 7.17. The molecule has 0 unspecified atom stereocenters. The van der Waals surface area contributed by atoms with Gasteiger partial charge in [0.25, 0.3) is 11.8 Å². The fourth-order valence-corrected chi connectivity index (χ4v) is 4.05. The third-order valence-electron chi connectivity index (χ3n) is 5.78. The van der Waals surface area contributed by atoms with Crippen LogP contribution in [0.2, 0.25) is 0 Å². The van der Waals surface area contributed by atoms with Gasteiger partial charge in [-0.3, -0.25) is 9.59 Å². The highest BCUT2D eigenvalue weighted by atomic mass is 16.3. The highest BCUT2D eigenvalue weighted by Crippen LogP contribution is 2.27. The zero-order chi connectivity index (χ0) is 22.2. The number of nitrogens with zero attached hydrogens (tertiary/aromatic N) is 1. The minimum atomic E-state index is -0.354. The van der Waals surface area contributed by atoms with Crippen LogP contribution >= 0.6 is 0 Å². The molecule has 7 heteroatoms. The Bertz CT molecular complexity index is 1040. The molecule has 1 aromatic carbocycles. The molecule has 2 amide bonds. The van der Waals surface area contributed by atoms with Crippen LogP contribution in [0.4, 0.5) is 11.5 Å². The van der Waals surface area contributed by atoms with Gasteiger partial charge < -0.3 is 20.4 Å². The number of aromatic nitrogens is 1. The van der Waals surface area contributed by atoms with E-state index in [9.17, 15) is 9.59 Å². The quantitative estimate of drug-likeness (QED) is 0.449. The van der Waals surface area contributed by atoms with Crippen molar-refractivity contribution in [2.45, 2.75) is 38.6 Å². The molecule has 0 saturated heterocycles. The van der Waals surface area contributed by atoms with Crippen molar-refractivity contribution in [3.8, 4) is 0 Å². The normalized spacial score (nSPS) is 13.6. The average molecular weight is 433 g/mol. The number of pyridine rings is 1. The first-order valence-electron chi connectivity index (χ1n) is 11.1. The minimum Gasteiger partial charge on any atom is -0.459 e. The molecule has 2 heterocycles. The molecule has 7 nitrogen and oxygen atoms in total. The van der Waals surface area contributed by atoms with Crippen LogP contribution in [-0.2, 0) is 6.54 Å². The number of rotatable bonds is 9. The first kappa shape index (κ1) is 21.6. The van der Waals surface area contributed by atoms with Crippen LogP contribution in [0, 0.1) is 5.92 Å². The number of anilines is 2. The summed E-state index contributed by atoms with van der Waals surface area (Å²) >= 11 is 0. The van der Waals surface area contributed by atoms with E-state index in [1.165, 1.54) is 31.9 Å². The number of hydrogen-bond acceptors (Lipinski definition) is 5. The predicted molar refractivity (Wildman–Crippen MR) is 124 cm³/mol. The number of carbonyl (C=O) groups is 2. The molecule has 0 bridgehead atoms. The van der Waals surface area contributed by atoms with Crippen LogP contribution in [0.15, 0.2) is 65.4 Å². The van der Waals surface area contributed by atoms with E-state index in [-0.39, 0.29) is 17.6 Å². The van der Waals surface area contributed by atoms with Gasteiger partial charge in [-0.15, -0.1) is 0 Å². The molecule has 3 N–H and O–H groups in total. The van der Waals surface area contributed by atoms with Crippen LogP contribution in [0.3, 0.4) is 0 Å². The Balaban J connectivity index is 1.33. The van der Waals surface area contributed by atoms with Crippen molar-refractivity contribution < 1.29 is 14.0 Å². The highest BCUT2D eigenvalue weighted by molar-refractivity contribution is 6.01. The summed E-state index contributed by atoms with van der Waals surface area (Å²) in [4.78, 5) is 29.1. The van der Waals surface area contributed by atoms with E-state index in [1.807, 2.05) is 30.3 Å². The SMILES string of the molecule is O=C(Nc1cc(CNc2ccccc2C(=O)NCCC2CCCC2)ccn1)c1ccco1. The lowest BCUT2D eigenvalue weighted by molar-refractivity contribution is 0.0951. The largest absolute Gasteiger partial charge is 0.459 e. The molecule has 4 rings (SSSR count). The number of benzene rings is 1. The topological polar surface area (TPSA) is 96.3 Å². The summed E-state index contributed by atoms with van der Waals surface area (Å²) < 4.78 is 5.11. The lowest BCUT2D eigenvalue weighted by Crippen LogP contribution is -2.26. The standard InChI is InChI=1S/C25H28N4O3/c30-24(27-14-11-18-6-1-2-7-18)20-8-3-4-9-21(20)28-17-19-12-13-26-23(16-19)29-25(31)22-10-5-15-32-22/h3-5,8-10,12-13,15-16,18,28H,1-2,6-7,11,14,17H2,(H,27,30)(H,26,29,31). The molecule has 3 aromatic rings. The van der Waals surface area contributed by atoms with Crippen molar-refractivity contribution in [1.29, 1.82) is 0 Å². The number of amides is 2. The number of carbonyl (C=O) groups excluding carboxylic acids is 2. The molecule has 1 aliphatic rings. The van der Waals surface area contributed by atoms with Gasteiger partial charge >= 0.3 is 0 Å². The predicted octanol–water partition coefficient (Wildman–Crippen LogP) is 4.85. The molecule has 1 aliphatic carbocycles. The summed E-state index contributed by atoms with van der Waals surface area (Å²) in [6, 6.07) is 14.4. The number of furan rings is 1. The fourth-order valence-electron chi connectivity index (χ4n) is 4.05. The van der Waals surface area contributed by atoms with E-state index in [0.717, 1.165) is 23.6 Å². The Morgan fingerprint density at radius 2 is 1.88 bits per heavy atom. The van der Waals surface area contributed by atoms with Gasteiger partial charge in [0.1, 0.15) is 5.82 Å². The van der Waals surface area contributed by atoms with Gasteiger partial charge in [-0.2, -0.15) is 0 Å². The van der Waals surface area contributed by atoms with Crippen molar-refractivity contribution in [3.63, 3.8) is 0 Å². The zero-order valence-corrected chi connectivity index (χ0v) is 18.0. The average Bonchev–Trinajstić information content (AvgIpc) is 3.53. The first-order valence-corrected chi connectivity index (χ1v) is 11.1. The van der Waals surface area contributed by atoms with Gasteiger partial charge in [0, 0.05) is 25.0 Å². The third kappa shape index (κ3) is 5.75. The molecule has 0 spiro atoms. The minimum absolute atomic E-state index is 0.0628. The van der Waals surface area contributed by atoms with Gasteiger partial charge in [0.2, 0.25) is 0 Å². The molecule has 1 fully saturated rings. The number of nitrogens with one attached hydrogen (secondary N) is 3. The van der Waals surface area contributed by atoms with Crippen LogP contribution < -0.4 is 16.0 Å². The zero-order valence-electron chi connectivity index (χ0n) is 18.0. The Morgan fingerprint density at radius 1 is 1.03 bits per heavy atom. The molecular weight excluding hydrogens is 404 g/mol. The molecule has 1 saturated carbocycles. The van der Waals surface area contributed by atoms with E-state index in [4.69, 9.17) is 4.42 Å². The maximum atomic E-state index is 12.7. The monoisotopic (exact) mass is 432 g/mol. The third-order valence-corrected chi connectivity index (χ3v) is 5.78. The van der Waals surface area contributed by atoms with E-state index >= 15 is 0 Å². The first-order chi connectivity index (χ1) is 15.7. The Labute approximate surface area is 187 Å². The van der Waals surface area contributed by atoms with E-state index in [0.29, 0.717) is 24.5 Å². The van der Waals surface area contributed by atoms with Gasteiger partial charge in [-0.25, -0.2) is 4.98 Å². The molecule has 0 atom stereocenters. The summed E-state index contributed by atoms with van der Waals surface area (Å²) in [5.74, 6) is 0.990. The second-order valence-corrected chi connectivity index (χ2v) is 8.07. The van der Waals surface area contributed by atoms with Crippen molar-refractivity contribution in [1.82, 2.24) is 10.3 Å². The van der Waals surface area contributed by atoms with Gasteiger partial charge in [0.15, 0.2) is 5.76 Å². The van der Waals surface area contributed by atoms with Gasteiger partial charge in [-0.05, 0) is 54.3 Å². The Morgan fingerprint density at radius 3 is 2.69 bits per heavy atom. The summed E-state index contributed by atoms with van der Waals surface area (Å²) in [5, 5.41) is 9.12. The van der Waals surface area contributed by atoms with Crippen molar-refractivity contribution >= 4 is 23.3 Å². The van der Waals surface area contributed by atoms with Crippen molar-refractivity contribution in [3.05, 3.63) is 77.9 Å². The van der Waals surface area contributed by atoms with Crippen molar-refractivity contribution in [2.75, 3.05) is 17.2 Å². The molecular formula is C25H28N4O3. The van der Waals surface area contributed by atoms with Gasteiger partial charge in [0.05, 0.1) is 11.8 Å². The summed E-state index contributed by atoms with van der Waals surface area (Å²) in [6.45, 7) is 1.19.